The van der Waals surface area contributed by atoms with Crippen LogP contribution in [0.3, 0.4) is 0 Å². The van der Waals surface area contributed by atoms with E-state index < -0.39 is 5.91 Å². The molecule has 3 rings (SSSR count). The summed E-state index contributed by atoms with van der Waals surface area (Å²) < 4.78 is 5.45. The summed E-state index contributed by atoms with van der Waals surface area (Å²) in [6, 6.07) is 8.11. The Balaban J connectivity index is 1.69. The molecule has 0 aliphatic carbocycles. The normalized spacial score (nSPS) is 14.3. The first-order chi connectivity index (χ1) is 11.2. The molecule has 0 unspecified atom stereocenters. The highest BCUT2D eigenvalue weighted by Crippen LogP contribution is 2.19. The number of hydrogen-bond acceptors (Lipinski definition) is 5. The lowest BCUT2D eigenvalue weighted by atomic mass is 10.1. The van der Waals surface area contributed by atoms with E-state index in [0.717, 1.165) is 36.5 Å². The number of nitrogens with zero attached hydrogens (tertiary/aromatic N) is 3. The molecule has 2 N–H and O–H groups in total. The number of carbonyl (C=O) groups is 1. The van der Waals surface area contributed by atoms with Crippen molar-refractivity contribution in [3.8, 4) is 5.75 Å². The zero-order valence-electron chi connectivity index (χ0n) is 13.1. The van der Waals surface area contributed by atoms with Gasteiger partial charge in [-0.05, 0) is 31.0 Å². The Bertz CT molecular complexity index is 700. The fourth-order valence-electron chi connectivity index (χ4n) is 2.66. The van der Waals surface area contributed by atoms with Crippen LogP contribution in [0.4, 0.5) is 0 Å². The highest BCUT2D eigenvalue weighted by atomic mass is 16.5. The number of hydrogen-bond donors (Lipinski definition) is 1. The predicted molar refractivity (Wildman–Crippen MR) is 84.8 cm³/mol. The van der Waals surface area contributed by atoms with Crippen LogP contribution in [0.15, 0.2) is 24.3 Å². The molecule has 0 fully saturated rings. The summed E-state index contributed by atoms with van der Waals surface area (Å²) in [5.41, 5.74) is 8.26. The molecule has 119 valence electrons. The molecule has 1 aromatic heterocycles. The van der Waals surface area contributed by atoms with E-state index in [1.165, 1.54) is 5.56 Å². The van der Waals surface area contributed by atoms with Gasteiger partial charge in [-0.1, -0.05) is 12.1 Å². The summed E-state index contributed by atoms with van der Waals surface area (Å²) in [5, 5.41) is 0. The zero-order valence-corrected chi connectivity index (χ0v) is 13.1. The lowest BCUT2D eigenvalue weighted by molar-refractivity contribution is 0.0989. The molecule has 0 bridgehead atoms. The van der Waals surface area contributed by atoms with E-state index in [4.69, 9.17) is 10.5 Å². The second-order valence-electron chi connectivity index (χ2n) is 5.49. The van der Waals surface area contributed by atoms with E-state index in [1.54, 1.807) is 0 Å². The summed E-state index contributed by atoms with van der Waals surface area (Å²) in [5.74, 6) is 0.299. The number of fused-ring (bicyclic) bond motifs is 1. The fraction of sp³-hybridized carbons (Fsp3) is 0.353. The van der Waals surface area contributed by atoms with Gasteiger partial charge in [0, 0.05) is 25.2 Å². The number of rotatable bonds is 5. The maximum absolute atomic E-state index is 11.2. The van der Waals surface area contributed by atoms with Gasteiger partial charge in [0.05, 0.1) is 18.5 Å². The minimum Gasteiger partial charge on any atom is -0.494 e. The number of primary amides is 1. The van der Waals surface area contributed by atoms with Gasteiger partial charge in [-0.25, -0.2) is 9.97 Å². The fourth-order valence-corrected chi connectivity index (χ4v) is 2.66. The third-order valence-corrected chi connectivity index (χ3v) is 3.80. The molecule has 1 radical (unpaired) electrons. The molecule has 1 amide bonds. The highest BCUT2D eigenvalue weighted by molar-refractivity contribution is 5.88. The Morgan fingerprint density at radius 1 is 1.39 bits per heavy atom. The third kappa shape index (κ3) is 3.65. The standard InChI is InChI=1S/C17H19N4O2/c1-2-23-14-5-3-12(4-6-14)10-21-8-7-13-9-19-17(16(18)22)20-15(13)11-21/h3-6H,2,7-8,10-11H2,1H3,(H2,18,22). The minimum atomic E-state index is -0.618. The van der Waals surface area contributed by atoms with Crippen molar-refractivity contribution in [3.05, 3.63) is 53.1 Å². The Morgan fingerprint density at radius 2 is 2.17 bits per heavy atom. The van der Waals surface area contributed by atoms with Crippen molar-refractivity contribution < 1.29 is 9.53 Å². The van der Waals surface area contributed by atoms with E-state index in [2.05, 4.69) is 33.2 Å². The van der Waals surface area contributed by atoms with Crippen molar-refractivity contribution in [3.63, 3.8) is 0 Å². The van der Waals surface area contributed by atoms with Crippen LogP contribution in [-0.2, 0) is 19.5 Å². The van der Waals surface area contributed by atoms with E-state index >= 15 is 0 Å². The quantitative estimate of drug-likeness (QED) is 0.901. The van der Waals surface area contributed by atoms with Gasteiger partial charge >= 0.3 is 0 Å². The number of amides is 1. The number of aromatic nitrogens is 2. The van der Waals surface area contributed by atoms with Crippen molar-refractivity contribution in [1.82, 2.24) is 14.9 Å². The Kier molecular flexibility index (Phi) is 4.52. The monoisotopic (exact) mass is 311 g/mol. The van der Waals surface area contributed by atoms with Crippen LogP contribution in [-0.4, -0.2) is 33.9 Å². The smallest absolute Gasteiger partial charge is 0.286 e. The van der Waals surface area contributed by atoms with Gasteiger partial charge < -0.3 is 10.5 Å². The van der Waals surface area contributed by atoms with Crippen molar-refractivity contribution in [2.75, 3.05) is 13.2 Å². The molecular formula is C17H19N4O2. The van der Waals surface area contributed by atoms with Crippen LogP contribution in [0, 0.1) is 6.20 Å². The average molecular weight is 311 g/mol. The van der Waals surface area contributed by atoms with Gasteiger partial charge in [0.15, 0.2) is 0 Å². The maximum Gasteiger partial charge on any atom is 0.286 e. The summed E-state index contributed by atoms with van der Waals surface area (Å²) >= 11 is 0. The highest BCUT2D eigenvalue weighted by Gasteiger charge is 2.20. The molecular weight excluding hydrogens is 292 g/mol. The lowest BCUT2D eigenvalue weighted by Crippen LogP contribution is -2.32. The first kappa shape index (κ1) is 15.4. The van der Waals surface area contributed by atoms with Gasteiger partial charge in [0.25, 0.3) is 5.91 Å². The number of carbonyl (C=O) groups excluding carboxylic acids is 1. The SMILES string of the molecule is CCOc1ccc(CN2CCc3[c]nc(C(N)=O)nc3C2)cc1. The van der Waals surface area contributed by atoms with Crippen LogP contribution in [0.25, 0.3) is 0 Å². The topological polar surface area (TPSA) is 81.3 Å². The van der Waals surface area contributed by atoms with Gasteiger partial charge in [-0.3, -0.25) is 9.69 Å². The number of ether oxygens (including phenoxy) is 1. The molecule has 6 nitrogen and oxygen atoms in total. The molecule has 2 aromatic rings. The Morgan fingerprint density at radius 3 is 2.87 bits per heavy atom. The van der Waals surface area contributed by atoms with Gasteiger partial charge in [-0.2, -0.15) is 0 Å². The molecule has 0 saturated carbocycles. The second-order valence-corrected chi connectivity index (χ2v) is 5.49. The first-order valence-corrected chi connectivity index (χ1v) is 7.67. The first-order valence-electron chi connectivity index (χ1n) is 7.67. The zero-order chi connectivity index (χ0) is 16.2. The van der Waals surface area contributed by atoms with Gasteiger partial charge in [0.1, 0.15) is 5.75 Å². The molecule has 0 spiro atoms. The van der Waals surface area contributed by atoms with E-state index in [9.17, 15) is 4.79 Å². The molecule has 2 heterocycles. The van der Waals surface area contributed by atoms with Crippen molar-refractivity contribution in [2.45, 2.75) is 26.4 Å². The van der Waals surface area contributed by atoms with Crippen LogP contribution >= 0.6 is 0 Å². The summed E-state index contributed by atoms with van der Waals surface area (Å²) in [7, 11) is 0. The Labute approximate surface area is 135 Å². The minimum absolute atomic E-state index is 0.0340. The molecule has 0 saturated heterocycles. The number of benzene rings is 1. The summed E-state index contributed by atoms with van der Waals surface area (Å²) in [6.45, 7) is 5.04. The van der Waals surface area contributed by atoms with Crippen molar-refractivity contribution in [2.24, 2.45) is 5.73 Å². The van der Waals surface area contributed by atoms with Crippen LogP contribution in [0.1, 0.15) is 34.4 Å². The molecule has 23 heavy (non-hydrogen) atoms. The van der Waals surface area contributed by atoms with Crippen LogP contribution < -0.4 is 10.5 Å². The molecule has 1 aliphatic heterocycles. The van der Waals surface area contributed by atoms with Crippen LogP contribution in [0.2, 0.25) is 0 Å². The predicted octanol–water partition coefficient (Wildman–Crippen LogP) is 1.33. The summed E-state index contributed by atoms with van der Waals surface area (Å²) in [4.78, 5) is 21.6. The maximum atomic E-state index is 11.2. The molecule has 1 aromatic carbocycles. The molecule has 0 atom stereocenters. The summed E-state index contributed by atoms with van der Waals surface area (Å²) in [6.07, 6.45) is 3.71. The van der Waals surface area contributed by atoms with E-state index in [-0.39, 0.29) is 5.82 Å². The van der Waals surface area contributed by atoms with Crippen molar-refractivity contribution in [1.29, 1.82) is 0 Å². The second kappa shape index (κ2) is 6.75. The molecule has 1 aliphatic rings. The largest absolute Gasteiger partial charge is 0.494 e. The third-order valence-electron chi connectivity index (χ3n) is 3.80. The van der Waals surface area contributed by atoms with Gasteiger partial charge in [0.2, 0.25) is 5.82 Å². The van der Waals surface area contributed by atoms with E-state index in [0.29, 0.717) is 13.2 Å². The van der Waals surface area contributed by atoms with Crippen LogP contribution in [0.5, 0.6) is 5.75 Å². The number of nitrogens with two attached hydrogens (primary N) is 1. The van der Waals surface area contributed by atoms with Crippen molar-refractivity contribution >= 4 is 5.91 Å². The lowest BCUT2D eigenvalue weighted by Gasteiger charge is -2.27. The van der Waals surface area contributed by atoms with Gasteiger partial charge in [-0.15, -0.1) is 0 Å². The molecule has 6 heteroatoms. The Hall–Kier alpha value is -2.47. The van der Waals surface area contributed by atoms with E-state index in [1.807, 2.05) is 19.1 Å². The average Bonchev–Trinajstić information content (AvgIpc) is 2.56.